The Morgan fingerprint density at radius 2 is 2.00 bits per heavy atom. The van der Waals surface area contributed by atoms with Gasteiger partial charge in [-0.25, -0.2) is 4.98 Å². The van der Waals surface area contributed by atoms with E-state index < -0.39 is 0 Å². The molecule has 0 bridgehead atoms. The molecule has 0 spiro atoms. The molecule has 3 aromatic rings. The monoisotopic (exact) mass is 421 g/mol. The van der Waals surface area contributed by atoms with Crippen LogP contribution in [0.5, 0.6) is 0 Å². The SMILES string of the molecule is CCNC(=NCCc1nccn1Cc1ccccc1)N(C)Cc1cn(C)nc1C(C)C. The van der Waals surface area contributed by atoms with Gasteiger partial charge in [-0.15, -0.1) is 0 Å². The molecule has 0 aliphatic heterocycles. The van der Waals surface area contributed by atoms with E-state index in [1.807, 2.05) is 30.2 Å². The molecule has 31 heavy (non-hydrogen) atoms. The molecule has 0 fully saturated rings. The summed E-state index contributed by atoms with van der Waals surface area (Å²) >= 11 is 0. The highest BCUT2D eigenvalue weighted by Crippen LogP contribution is 2.18. The normalized spacial score (nSPS) is 11.9. The Hall–Kier alpha value is -3.09. The lowest BCUT2D eigenvalue weighted by Gasteiger charge is -2.22. The molecule has 1 N–H and O–H groups in total. The molecule has 0 atom stereocenters. The molecule has 0 aliphatic carbocycles. The van der Waals surface area contributed by atoms with Gasteiger partial charge in [-0.2, -0.15) is 5.10 Å². The molecule has 0 unspecified atom stereocenters. The first-order valence-electron chi connectivity index (χ1n) is 11.0. The zero-order chi connectivity index (χ0) is 22.2. The summed E-state index contributed by atoms with van der Waals surface area (Å²) in [6.07, 6.45) is 6.82. The Morgan fingerprint density at radius 1 is 1.23 bits per heavy atom. The maximum Gasteiger partial charge on any atom is 0.193 e. The summed E-state index contributed by atoms with van der Waals surface area (Å²) in [6.45, 7) is 9.58. The summed E-state index contributed by atoms with van der Waals surface area (Å²) in [4.78, 5) is 11.6. The predicted octanol–water partition coefficient (Wildman–Crippen LogP) is 3.43. The third kappa shape index (κ3) is 6.20. The maximum absolute atomic E-state index is 4.86. The van der Waals surface area contributed by atoms with E-state index in [-0.39, 0.29) is 0 Å². The second kappa shape index (κ2) is 10.8. The van der Waals surface area contributed by atoms with Crippen molar-refractivity contribution < 1.29 is 0 Å². The number of benzene rings is 1. The van der Waals surface area contributed by atoms with E-state index in [2.05, 4.69) is 83.1 Å². The Kier molecular flexibility index (Phi) is 7.87. The summed E-state index contributed by atoms with van der Waals surface area (Å²) in [6, 6.07) is 10.5. The fourth-order valence-electron chi connectivity index (χ4n) is 3.72. The lowest BCUT2D eigenvalue weighted by molar-refractivity contribution is 0.473. The van der Waals surface area contributed by atoms with Crippen LogP contribution in [0.4, 0.5) is 0 Å². The zero-order valence-corrected chi connectivity index (χ0v) is 19.4. The minimum atomic E-state index is 0.396. The van der Waals surface area contributed by atoms with Crippen LogP contribution in [-0.4, -0.2) is 50.3 Å². The molecule has 166 valence electrons. The van der Waals surface area contributed by atoms with Crippen molar-refractivity contribution in [1.82, 2.24) is 29.5 Å². The van der Waals surface area contributed by atoms with Crippen LogP contribution in [-0.2, 0) is 26.6 Å². The molecule has 7 heteroatoms. The predicted molar refractivity (Wildman–Crippen MR) is 126 cm³/mol. The number of imidazole rings is 1. The van der Waals surface area contributed by atoms with Crippen molar-refractivity contribution in [2.24, 2.45) is 12.0 Å². The number of nitrogens with one attached hydrogen (secondary N) is 1. The summed E-state index contributed by atoms with van der Waals surface area (Å²) in [5.74, 6) is 2.36. The number of guanidine groups is 1. The topological polar surface area (TPSA) is 63.3 Å². The van der Waals surface area contributed by atoms with Crippen molar-refractivity contribution in [3.63, 3.8) is 0 Å². The van der Waals surface area contributed by atoms with Gasteiger partial charge in [0.1, 0.15) is 5.82 Å². The number of aryl methyl sites for hydroxylation is 1. The van der Waals surface area contributed by atoms with E-state index in [0.29, 0.717) is 12.5 Å². The largest absolute Gasteiger partial charge is 0.357 e. The number of hydrogen-bond donors (Lipinski definition) is 1. The summed E-state index contributed by atoms with van der Waals surface area (Å²) in [5.41, 5.74) is 3.66. The van der Waals surface area contributed by atoms with Gasteiger partial charge in [0, 0.05) is 70.8 Å². The zero-order valence-electron chi connectivity index (χ0n) is 19.4. The molecule has 2 aromatic heterocycles. The Balaban J connectivity index is 1.65. The smallest absolute Gasteiger partial charge is 0.193 e. The van der Waals surface area contributed by atoms with Crippen LogP contribution < -0.4 is 5.32 Å². The Morgan fingerprint density at radius 3 is 2.71 bits per heavy atom. The fourth-order valence-corrected chi connectivity index (χ4v) is 3.72. The lowest BCUT2D eigenvalue weighted by Crippen LogP contribution is -2.38. The molecule has 0 radical (unpaired) electrons. The van der Waals surface area contributed by atoms with Crippen molar-refractivity contribution in [3.8, 4) is 0 Å². The van der Waals surface area contributed by atoms with Gasteiger partial charge in [0.15, 0.2) is 5.96 Å². The first kappa shape index (κ1) is 22.6. The van der Waals surface area contributed by atoms with Crippen molar-refractivity contribution in [2.45, 2.75) is 46.2 Å². The molecule has 1 aromatic carbocycles. The maximum atomic E-state index is 4.86. The van der Waals surface area contributed by atoms with Crippen LogP contribution >= 0.6 is 0 Å². The van der Waals surface area contributed by atoms with Crippen molar-refractivity contribution in [1.29, 1.82) is 0 Å². The molecular weight excluding hydrogens is 386 g/mol. The lowest BCUT2D eigenvalue weighted by atomic mass is 10.1. The van der Waals surface area contributed by atoms with Gasteiger partial charge in [-0.05, 0) is 18.4 Å². The average molecular weight is 422 g/mol. The minimum absolute atomic E-state index is 0.396. The standard InChI is InChI=1S/C24H35N7/c1-6-25-24(29(4)17-21-18-30(5)28-23(21)19(2)3)27-13-12-22-26-14-15-31(22)16-20-10-8-7-9-11-20/h7-11,14-15,18-19H,6,12-13,16-17H2,1-5H3,(H,25,27). The van der Waals surface area contributed by atoms with Gasteiger partial charge >= 0.3 is 0 Å². The third-order valence-corrected chi connectivity index (χ3v) is 5.18. The molecule has 3 rings (SSSR count). The second-order valence-corrected chi connectivity index (χ2v) is 8.17. The van der Waals surface area contributed by atoms with Crippen molar-refractivity contribution in [2.75, 3.05) is 20.1 Å². The van der Waals surface area contributed by atoms with E-state index in [4.69, 9.17) is 4.99 Å². The van der Waals surface area contributed by atoms with Crippen LogP contribution in [0.25, 0.3) is 0 Å². The van der Waals surface area contributed by atoms with Crippen LogP contribution in [0.1, 0.15) is 49.3 Å². The van der Waals surface area contributed by atoms with E-state index >= 15 is 0 Å². The van der Waals surface area contributed by atoms with Gasteiger partial charge in [-0.1, -0.05) is 44.2 Å². The molecule has 7 nitrogen and oxygen atoms in total. The van der Waals surface area contributed by atoms with E-state index in [1.165, 1.54) is 11.1 Å². The van der Waals surface area contributed by atoms with Gasteiger partial charge in [0.05, 0.1) is 5.69 Å². The van der Waals surface area contributed by atoms with Gasteiger partial charge in [0.25, 0.3) is 0 Å². The molecular formula is C24H35N7. The number of rotatable bonds is 9. The first-order chi connectivity index (χ1) is 15.0. The average Bonchev–Trinajstić information content (AvgIpc) is 3.34. The second-order valence-electron chi connectivity index (χ2n) is 8.17. The summed E-state index contributed by atoms with van der Waals surface area (Å²) < 4.78 is 4.10. The number of aromatic nitrogens is 4. The molecule has 2 heterocycles. The van der Waals surface area contributed by atoms with E-state index in [0.717, 1.165) is 43.5 Å². The number of nitrogens with zero attached hydrogens (tertiary/aromatic N) is 6. The quantitative estimate of drug-likeness (QED) is 0.425. The van der Waals surface area contributed by atoms with Gasteiger partial charge < -0.3 is 14.8 Å². The van der Waals surface area contributed by atoms with Crippen LogP contribution in [0, 0.1) is 0 Å². The number of aliphatic imine (C=N–C) groups is 1. The minimum Gasteiger partial charge on any atom is -0.357 e. The van der Waals surface area contributed by atoms with Crippen LogP contribution in [0.3, 0.4) is 0 Å². The van der Waals surface area contributed by atoms with E-state index in [9.17, 15) is 0 Å². The highest BCUT2D eigenvalue weighted by molar-refractivity contribution is 5.79. The highest BCUT2D eigenvalue weighted by atomic mass is 15.3. The summed E-state index contributed by atoms with van der Waals surface area (Å²) in [5, 5.41) is 8.04. The van der Waals surface area contributed by atoms with Crippen molar-refractivity contribution in [3.05, 3.63) is 71.6 Å². The first-order valence-corrected chi connectivity index (χ1v) is 11.0. The van der Waals surface area contributed by atoms with Crippen molar-refractivity contribution >= 4 is 5.96 Å². The third-order valence-electron chi connectivity index (χ3n) is 5.18. The fraction of sp³-hybridized carbons (Fsp3) is 0.458. The summed E-state index contributed by atoms with van der Waals surface area (Å²) in [7, 11) is 4.06. The van der Waals surface area contributed by atoms with Crippen LogP contribution in [0.15, 0.2) is 53.9 Å². The van der Waals surface area contributed by atoms with Gasteiger partial charge in [-0.3, -0.25) is 9.67 Å². The molecule has 0 amide bonds. The van der Waals surface area contributed by atoms with E-state index in [1.54, 1.807) is 0 Å². The Bertz CT molecular complexity index is 969. The van der Waals surface area contributed by atoms with Gasteiger partial charge in [0.2, 0.25) is 0 Å². The Labute approximate surface area is 185 Å². The number of hydrogen-bond acceptors (Lipinski definition) is 3. The molecule has 0 saturated heterocycles. The van der Waals surface area contributed by atoms with Crippen LogP contribution in [0.2, 0.25) is 0 Å². The molecule has 0 saturated carbocycles. The molecule has 0 aliphatic rings. The highest BCUT2D eigenvalue weighted by Gasteiger charge is 2.15.